The molecule has 0 unspecified atom stereocenters. The van der Waals surface area contributed by atoms with E-state index >= 15 is 0 Å². The Morgan fingerprint density at radius 1 is 1.23 bits per heavy atom. The second kappa shape index (κ2) is 8.96. The number of ether oxygens (including phenoxy) is 1. The van der Waals surface area contributed by atoms with Gasteiger partial charge < -0.3 is 10.1 Å². The van der Waals surface area contributed by atoms with Gasteiger partial charge in [0.25, 0.3) is 11.6 Å². The second-order valence-electron chi connectivity index (χ2n) is 5.61. The fourth-order valence-corrected chi connectivity index (χ4v) is 2.43. The van der Waals surface area contributed by atoms with Gasteiger partial charge in [0.1, 0.15) is 5.56 Å². The van der Waals surface area contributed by atoms with Crippen molar-refractivity contribution >= 4 is 29.2 Å². The van der Waals surface area contributed by atoms with Gasteiger partial charge in [0, 0.05) is 17.6 Å². The van der Waals surface area contributed by atoms with Gasteiger partial charge in [-0.15, -0.1) is 0 Å². The number of benzene rings is 2. The molecule has 1 amide bonds. The SMILES string of the molecule is C[C@@H](CNC(=O)COC(=O)c1cc(Cl)ccc1[N+](=O)[O-])c1ccccc1. The molecule has 0 fully saturated rings. The predicted octanol–water partition coefficient (Wildman–Crippen LogP) is 3.32. The van der Waals surface area contributed by atoms with Gasteiger partial charge in [0.15, 0.2) is 6.61 Å². The number of hydrogen-bond acceptors (Lipinski definition) is 5. The van der Waals surface area contributed by atoms with Crippen LogP contribution >= 0.6 is 11.6 Å². The summed E-state index contributed by atoms with van der Waals surface area (Å²) in [5.41, 5.74) is 0.338. The molecular formula is C18H17ClN2O5. The average Bonchev–Trinajstić information content (AvgIpc) is 2.64. The third-order valence-corrected chi connectivity index (χ3v) is 3.92. The number of hydrogen-bond donors (Lipinski definition) is 1. The fourth-order valence-electron chi connectivity index (χ4n) is 2.26. The first-order valence-corrected chi connectivity index (χ1v) is 8.19. The third kappa shape index (κ3) is 5.29. The van der Waals surface area contributed by atoms with E-state index in [9.17, 15) is 19.7 Å². The van der Waals surface area contributed by atoms with E-state index in [-0.39, 0.29) is 16.5 Å². The van der Waals surface area contributed by atoms with E-state index < -0.39 is 29.1 Å². The number of esters is 1. The topological polar surface area (TPSA) is 98.5 Å². The van der Waals surface area contributed by atoms with Gasteiger partial charge >= 0.3 is 5.97 Å². The van der Waals surface area contributed by atoms with Crippen molar-refractivity contribution in [3.63, 3.8) is 0 Å². The molecule has 0 radical (unpaired) electrons. The molecule has 2 rings (SSSR count). The Morgan fingerprint density at radius 2 is 1.92 bits per heavy atom. The molecule has 0 bridgehead atoms. The number of nitrogens with one attached hydrogen (secondary N) is 1. The quantitative estimate of drug-likeness (QED) is 0.454. The maximum absolute atomic E-state index is 12.0. The molecule has 2 aromatic carbocycles. The lowest BCUT2D eigenvalue weighted by Gasteiger charge is -2.13. The van der Waals surface area contributed by atoms with Crippen molar-refractivity contribution in [1.29, 1.82) is 0 Å². The van der Waals surface area contributed by atoms with Gasteiger partial charge in [-0.25, -0.2) is 4.79 Å². The zero-order chi connectivity index (χ0) is 19.1. The third-order valence-electron chi connectivity index (χ3n) is 3.68. The number of nitro groups is 1. The van der Waals surface area contributed by atoms with Crippen LogP contribution in [0.3, 0.4) is 0 Å². The Bertz CT molecular complexity index is 810. The predicted molar refractivity (Wildman–Crippen MR) is 96.3 cm³/mol. The van der Waals surface area contributed by atoms with E-state index in [1.165, 1.54) is 6.07 Å². The van der Waals surface area contributed by atoms with E-state index in [1.54, 1.807) is 0 Å². The van der Waals surface area contributed by atoms with Crippen LogP contribution in [0.1, 0.15) is 28.8 Å². The summed E-state index contributed by atoms with van der Waals surface area (Å²) in [4.78, 5) is 34.1. The fraction of sp³-hybridized carbons (Fsp3) is 0.222. The molecule has 0 heterocycles. The highest BCUT2D eigenvalue weighted by Gasteiger charge is 2.22. The molecule has 0 aromatic heterocycles. The monoisotopic (exact) mass is 376 g/mol. The lowest BCUT2D eigenvalue weighted by molar-refractivity contribution is -0.385. The van der Waals surface area contributed by atoms with Gasteiger partial charge in [0.2, 0.25) is 0 Å². The molecule has 0 saturated heterocycles. The molecule has 2 aromatic rings. The number of carbonyl (C=O) groups excluding carboxylic acids is 2. The maximum atomic E-state index is 12.0. The zero-order valence-corrected chi connectivity index (χ0v) is 14.7. The van der Waals surface area contributed by atoms with Gasteiger partial charge in [-0.1, -0.05) is 48.9 Å². The van der Waals surface area contributed by atoms with Crippen molar-refractivity contribution in [2.75, 3.05) is 13.2 Å². The Morgan fingerprint density at radius 3 is 2.58 bits per heavy atom. The van der Waals surface area contributed by atoms with E-state index in [2.05, 4.69) is 5.32 Å². The molecule has 1 N–H and O–H groups in total. The highest BCUT2D eigenvalue weighted by Crippen LogP contribution is 2.23. The smallest absolute Gasteiger partial charge is 0.345 e. The van der Waals surface area contributed by atoms with Crippen molar-refractivity contribution in [2.45, 2.75) is 12.8 Å². The number of nitro benzene ring substituents is 1. The molecule has 26 heavy (non-hydrogen) atoms. The molecule has 0 aliphatic heterocycles. The first-order valence-electron chi connectivity index (χ1n) is 7.81. The highest BCUT2D eigenvalue weighted by atomic mass is 35.5. The van der Waals surface area contributed by atoms with Crippen LogP contribution in [0.15, 0.2) is 48.5 Å². The van der Waals surface area contributed by atoms with Crippen LogP contribution in [-0.2, 0) is 9.53 Å². The minimum atomic E-state index is -0.981. The van der Waals surface area contributed by atoms with E-state index in [0.717, 1.165) is 17.7 Å². The summed E-state index contributed by atoms with van der Waals surface area (Å²) in [6, 6.07) is 13.2. The summed E-state index contributed by atoms with van der Waals surface area (Å²) >= 11 is 5.76. The van der Waals surface area contributed by atoms with E-state index in [0.29, 0.717) is 6.54 Å². The number of halogens is 1. The summed E-state index contributed by atoms with van der Waals surface area (Å²) in [6.07, 6.45) is 0. The van der Waals surface area contributed by atoms with Gasteiger partial charge in [-0.3, -0.25) is 14.9 Å². The van der Waals surface area contributed by atoms with Crippen LogP contribution < -0.4 is 5.32 Å². The molecule has 0 aliphatic rings. The van der Waals surface area contributed by atoms with Gasteiger partial charge in [-0.05, 0) is 23.6 Å². The number of amides is 1. The lowest BCUT2D eigenvalue weighted by Crippen LogP contribution is -2.31. The highest BCUT2D eigenvalue weighted by molar-refractivity contribution is 6.31. The zero-order valence-electron chi connectivity index (χ0n) is 14.0. The largest absolute Gasteiger partial charge is 0.452 e. The first-order chi connectivity index (χ1) is 12.4. The van der Waals surface area contributed by atoms with Crippen molar-refractivity contribution in [1.82, 2.24) is 5.32 Å². The Kier molecular flexibility index (Phi) is 6.68. The first kappa shape index (κ1) is 19.4. The van der Waals surface area contributed by atoms with Crippen molar-refractivity contribution in [2.24, 2.45) is 0 Å². The summed E-state index contributed by atoms with van der Waals surface area (Å²) in [5, 5.41) is 13.8. The molecule has 7 nitrogen and oxygen atoms in total. The van der Waals surface area contributed by atoms with Crippen LogP contribution in [0.25, 0.3) is 0 Å². The standard InChI is InChI=1S/C18H17ClN2O5/c1-12(13-5-3-2-4-6-13)10-20-17(22)11-26-18(23)15-9-14(19)7-8-16(15)21(24)25/h2-9,12H,10-11H2,1H3,(H,20,22)/t12-/m0/s1. The minimum Gasteiger partial charge on any atom is -0.452 e. The van der Waals surface area contributed by atoms with Crippen LogP contribution in [0, 0.1) is 10.1 Å². The Balaban J connectivity index is 1.88. The van der Waals surface area contributed by atoms with Crippen molar-refractivity contribution in [3.8, 4) is 0 Å². The van der Waals surface area contributed by atoms with Crippen LogP contribution in [-0.4, -0.2) is 30.0 Å². The summed E-state index contributed by atoms with van der Waals surface area (Å²) in [5.74, 6) is -1.39. The number of carbonyl (C=O) groups is 2. The molecule has 0 spiro atoms. The average molecular weight is 377 g/mol. The number of rotatable bonds is 7. The maximum Gasteiger partial charge on any atom is 0.345 e. The molecule has 0 saturated carbocycles. The molecule has 0 aliphatic carbocycles. The van der Waals surface area contributed by atoms with Gasteiger partial charge in [-0.2, -0.15) is 0 Å². The normalized spacial score (nSPS) is 11.5. The van der Waals surface area contributed by atoms with Crippen LogP contribution in [0.2, 0.25) is 5.02 Å². The summed E-state index contributed by atoms with van der Waals surface area (Å²) < 4.78 is 4.86. The molecular weight excluding hydrogens is 360 g/mol. The van der Waals surface area contributed by atoms with E-state index in [4.69, 9.17) is 16.3 Å². The Hall–Kier alpha value is -2.93. The van der Waals surface area contributed by atoms with Crippen molar-refractivity contribution in [3.05, 3.63) is 74.8 Å². The molecule has 136 valence electrons. The summed E-state index contributed by atoms with van der Waals surface area (Å²) in [7, 11) is 0. The lowest BCUT2D eigenvalue weighted by atomic mass is 10.0. The second-order valence-corrected chi connectivity index (χ2v) is 6.05. The van der Waals surface area contributed by atoms with Crippen molar-refractivity contribution < 1.29 is 19.2 Å². The molecule has 8 heteroatoms. The van der Waals surface area contributed by atoms with E-state index in [1.807, 2.05) is 37.3 Å². The van der Waals surface area contributed by atoms with Crippen LogP contribution in [0.4, 0.5) is 5.69 Å². The number of nitrogens with zero attached hydrogens (tertiary/aromatic N) is 1. The minimum absolute atomic E-state index is 0.0878. The van der Waals surface area contributed by atoms with Crippen LogP contribution in [0.5, 0.6) is 0 Å². The van der Waals surface area contributed by atoms with Gasteiger partial charge in [0.05, 0.1) is 4.92 Å². The Labute approximate surface area is 155 Å². The summed E-state index contributed by atoms with van der Waals surface area (Å²) in [6.45, 7) is 1.79. The molecule has 1 atom stereocenters.